The van der Waals surface area contributed by atoms with Crippen molar-refractivity contribution in [1.82, 2.24) is 0 Å². The highest BCUT2D eigenvalue weighted by molar-refractivity contribution is 6.53. The minimum Gasteiger partial charge on any atom is -0.497 e. The molecule has 0 bridgehead atoms. The highest BCUT2D eigenvalue weighted by Gasteiger charge is 2.39. The molecule has 0 saturated carbocycles. The second-order valence-electron chi connectivity index (χ2n) is 9.01. The van der Waals surface area contributed by atoms with Crippen LogP contribution >= 0.6 is 11.6 Å². The fourth-order valence-electron chi connectivity index (χ4n) is 3.93. The maximum Gasteiger partial charge on any atom is 0.338 e. The van der Waals surface area contributed by atoms with Gasteiger partial charge in [-0.15, -0.1) is 0 Å². The minimum atomic E-state index is -0.668. The van der Waals surface area contributed by atoms with E-state index < -0.39 is 23.7 Å². The van der Waals surface area contributed by atoms with Crippen molar-refractivity contribution in [1.29, 1.82) is 0 Å². The van der Waals surface area contributed by atoms with Gasteiger partial charge in [0, 0.05) is 16.9 Å². The molecule has 0 saturated heterocycles. The summed E-state index contributed by atoms with van der Waals surface area (Å²) in [6.07, 6.45) is 1.68. The average Bonchev–Trinajstić information content (AvgIpc) is 3.17. The quantitative estimate of drug-likeness (QED) is 0.187. The summed E-state index contributed by atoms with van der Waals surface area (Å²) in [6, 6.07) is 17.8. The summed E-state index contributed by atoms with van der Waals surface area (Å²) in [7, 11) is 1.51. The van der Waals surface area contributed by atoms with Crippen molar-refractivity contribution < 1.29 is 28.7 Å². The van der Waals surface area contributed by atoms with Crippen molar-refractivity contribution >= 4 is 52.4 Å². The lowest BCUT2D eigenvalue weighted by atomic mass is 10.1. The van der Waals surface area contributed by atoms with Crippen LogP contribution in [0.3, 0.4) is 0 Å². The normalized spacial score (nSPS) is 12.9. The van der Waals surface area contributed by atoms with Gasteiger partial charge in [0.25, 0.3) is 17.7 Å². The number of unbranched alkanes of at least 4 members (excludes halogenated alkanes) is 1. The molecule has 1 aliphatic heterocycles. The molecule has 0 atom stereocenters. The molecule has 3 aromatic carbocycles. The Hall–Kier alpha value is -4.63. The summed E-state index contributed by atoms with van der Waals surface area (Å²) in [4.78, 5) is 52.3. The predicted molar refractivity (Wildman–Crippen MR) is 153 cm³/mol. The van der Waals surface area contributed by atoms with E-state index in [-0.39, 0.29) is 16.3 Å². The highest BCUT2D eigenvalue weighted by atomic mass is 35.5. The number of esters is 1. The number of nitrogens with zero attached hydrogens (tertiary/aromatic N) is 1. The Balaban J connectivity index is 1.50. The minimum absolute atomic E-state index is 0.0996. The van der Waals surface area contributed by atoms with Crippen LogP contribution in [-0.2, 0) is 14.3 Å². The molecule has 0 spiro atoms. The number of carbonyl (C=O) groups excluding carboxylic acids is 4. The first-order valence-electron chi connectivity index (χ1n) is 12.6. The van der Waals surface area contributed by atoms with E-state index in [9.17, 15) is 19.2 Å². The number of halogens is 1. The van der Waals surface area contributed by atoms with Crippen LogP contribution in [0.1, 0.15) is 46.0 Å². The van der Waals surface area contributed by atoms with Gasteiger partial charge in [-0.3, -0.25) is 14.4 Å². The van der Waals surface area contributed by atoms with E-state index >= 15 is 0 Å². The van der Waals surface area contributed by atoms with Crippen molar-refractivity contribution in [2.75, 3.05) is 29.3 Å². The van der Waals surface area contributed by atoms with Crippen molar-refractivity contribution in [3.8, 4) is 5.75 Å². The number of nitrogens with one attached hydrogen (secondary N) is 2. The number of hydrogen-bond acceptors (Lipinski definition) is 7. The maximum absolute atomic E-state index is 13.2. The largest absolute Gasteiger partial charge is 0.497 e. The number of amides is 3. The first-order chi connectivity index (χ1) is 19.2. The zero-order valence-corrected chi connectivity index (χ0v) is 23.0. The first-order valence-corrected chi connectivity index (χ1v) is 13.0. The monoisotopic (exact) mass is 561 g/mol. The molecule has 2 N–H and O–H groups in total. The second-order valence-corrected chi connectivity index (χ2v) is 9.39. The molecule has 0 unspecified atom stereocenters. The first kappa shape index (κ1) is 28.4. The number of methoxy groups -OCH3 is 1. The topological polar surface area (TPSA) is 114 Å². The SMILES string of the molecule is CCCCOC(=O)c1cccc(NC(=O)c2ccc(C)c(NC3=C(Cl)C(=O)N(c4ccc(OC)cc4)C3=O)c2)c1. The molecule has 0 aromatic heterocycles. The van der Waals surface area contributed by atoms with E-state index in [4.69, 9.17) is 21.1 Å². The van der Waals surface area contributed by atoms with E-state index in [2.05, 4.69) is 10.6 Å². The Morgan fingerprint density at radius 2 is 1.70 bits per heavy atom. The molecular formula is C30H28ClN3O6. The van der Waals surface area contributed by atoms with Crippen LogP contribution in [0.5, 0.6) is 5.75 Å². The van der Waals surface area contributed by atoms with Crippen LogP contribution in [0.15, 0.2) is 77.5 Å². The van der Waals surface area contributed by atoms with Gasteiger partial charge in [-0.1, -0.05) is 37.1 Å². The summed E-state index contributed by atoms with van der Waals surface area (Å²) in [5.74, 6) is -1.62. The molecule has 3 amide bonds. The Morgan fingerprint density at radius 3 is 2.40 bits per heavy atom. The Morgan fingerprint density at radius 1 is 0.950 bits per heavy atom. The molecule has 10 heteroatoms. The van der Waals surface area contributed by atoms with Gasteiger partial charge in [0.15, 0.2) is 0 Å². The molecule has 3 aromatic rings. The summed E-state index contributed by atoms with van der Waals surface area (Å²) in [6.45, 7) is 4.12. The van der Waals surface area contributed by atoms with E-state index in [1.165, 1.54) is 7.11 Å². The number of carbonyl (C=O) groups is 4. The van der Waals surface area contributed by atoms with Gasteiger partial charge in [0.1, 0.15) is 16.5 Å². The lowest BCUT2D eigenvalue weighted by Gasteiger charge is -2.16. The third kappa shape index (κ3) is 6.16. The van der Waals surface area contributed by atoms with Gasteiger partial charge in [0.05, 0.1) is 25.0 Å². The van der Waals surface area contributed by atoms with Crippen LogP contribution in [0.25, 0.3) is 0 Å². The maximum atomic E-state index is 13.2. The molecule has 206 valence electrons. The zero-order valence-electron chi connectivity index (χ0n) is 22.2. The molecule has 40 heavy (non-hydrogen) atoms. The molecular weight excluding hydrogens is 534 g/mol. The van der Waals surface area contributed by atoms with Gasteiger partial charge in [-0.05, 0) is 73.5 Å². The summed E-state index contributed by atoms with van der Waals surface area (Å²) >= 11 is 6.28. The van der Waals surface area contributed by atoms with Crippen LogP contribution in [0, 0.1) is 6.92 Å². The fourth-order valence-corrected chi connectivity index (χ4v) is 4.14. The van der Waals surface area contributed by atoms with Crippen LogP contribution in [0.2, 0.25) is 0 Å². The van der Waals surface area contributed by atoms with Crippen molar-refractivity contribution in [2.45, 2.75) is 26.7 Å². The van der Waals surface area contributed by atoms with E-state index in [0.29, 0.717) is 40.5 Å². The Kier molecular flexibility index (Phi) is 8.86. The van der Waals surface area contributed by atoms with Crippen LogP contribution < -0.4 is 20.3 Å². The van der Waals surface area contributed by atoms with Gasteiger partial charge in [-0.2, -0.15) is 0 Å². The smallest absolute Gasteiger partial charge is 0.338 e. The predicted octanol–water partition coefficient (Wildman–Crippen LogP) is 5.65. The lowest BCUT2D eigenvalue weighted by Crippen LogP contribution is -2.32. The Labute approximate surface area is 236 Å². The molecule has 0 fully saturated rings. The number of ether oxygens (including phenoxy) is 2. The van der Waals surface area contributed by atoms with Crippen LogP contribution in [0.4, 0.5) is 17.1 Å². The highest BCUT2D eigenvalue weighted by Crippen LogP contribution is 2.32. The molecule has 0 radical (unpaired) electrons. The molecule has 0 aliphatic carbocycles. The summed E-state index contributed by atoms with van der Waals surface area (Å²) < 4.78 is 10.4. The number of hydrogen-bond donors (Lipinski definition) is 2. The Bertz CT molecular complexity index is 1500. The third-order valence-electron chi connectivity index (χ3n) is 6.20. The van der Waals surface area contributed by atoms with Gasteiger partial charge >= 0.3 is 5.97 Å². The molecule has 1 heterocycles. The lowest BCUT2D eigenvalue weighted by molar-refractivity contribution is -0.120. The van der Waals surface area contributed by atoms with E-state index in [1.54, 1.807) is 73.7 Å². The summed E-state index contributed by atoms with van der Waals surface area (Å²) in [5.41, 5.74) is 2.41. The van der Waals surface area contributed by atoms with Crippen LogP contribution in [-0.4, -0.2) is 37.4 Å². The molecule has 4 rings (SSSR count). The van der Waals surface area contributed by atoms with Crippen molar-refractivity contribution in [2.24, 2.45) is 0 Å². The number of aryl methyl sites for hydroxylation is 1. The van der Waals surface area contributed by atoms with E-state index in [0.717, 1.165) is 17.7 Å². The van der Waals surface area contributed by atoms with Gasteiger partial charge in [-0.25, -0.2) is 9.69 Å². The fraction of sp³-hybridized carbons (Fsp3) is 0.200. The van der Waals surface area contributed by atoms with Gasteiger partial charge < -0.3 is 20.1 Å². The molecule has 9 nitrogen and oxygen atoms in total. The van der Waals surface area contributed by atoms with Crippen molar-refractivity contribution in [3.05, 3.63) is 94.1 Å². The second kappa shape index (κ2) is 12.5. The standard InChI is InChI=1S/C30H28ClN3O6/c1-4-5-15-40-30(38)20-7-6-8-21(16-20)32-27(35)19-10-9-18(2)24(17-19)33-26-25(31)28(36)34(29(26)37)22-11-13-23(39-3)14-12-22/h6-14,16-17,33H,4-5,15H2,1-3H3,(H,32,35). The summed E-state index contributed by atoms with van der Waals surface area (Å²) in [5, 5.41) is 5.44. The van der Waals surface area contributed by atoms with E-state index in [1.807, 2.05) is 6.92 Å². The number of benzene rings is 3. The van der Waals surface area contributed by atoms with Gasteiger partial charge in [0.2, 0.25) is 0 Å². The number of rotatable bonds is 10. The average molecular weight is 562 g/mol. The third-order valence-corrected chi connectivity index (χ3v) is 6.56. The van der Waals surface area contributed by atoms with Crippen molar-refractivity contribution in [3.63, 3.8) is 0 Å². The number of imide groups is 1. The molecule has 1 aliphatic rings. The number of anilines is 3. The zero-order chi connectivity index (χ0) is 28.8.